The molecule has 2 atom stereocenters. The number of rotatable bonds is 10. The van der Waals surface area contributed by atoms with E-state index < -0.39 is 11.1 Å². The number of carbonyl (C=O) groups excluding carboxylic acids is 2. The molecular weight excluding hydrogens is 389 g/mol. The maximum atomic E-state index is 14.2. The van der Waals surface area contributed by atoms with Gasteiger partial charge in [-0.15, -0.1) is 11.8 Å². The predicted octanol–water partition coefficient (Wildman–Crippen LogP) is 5.92. The molecule has 0 saturated carbocycles. The Bertz CT molecular complexity index is 654. The molecule has 1 aromatic carbocycles. The third-order valence-corrected chi connectivity index (χ3v) is 6.16. The molecule has 0 aliphatic rings. The summed E-state index contributed by atoms with van der Waals surface area (Å²) in [6.07, 6.45) is 2.31. The standard InChI is InChI=1S/C20H29ClFNO3S/c1-6-8-9-26-20(25)17(7-2)27-18-11-16(15(22)10-14(18)21)23-19(24)13(5)12(3)4/h10-13,17H,6-9H2,1-5H3,(H,23,24). The fourth-order valence-electron chi connectivity index (χ4n) is 2.13. The van der Waals surface area contributed by atoms with Crippen molar-refractivity contribution in [3.63, 3.8) is 0 Å². The van der Waals surface area contributed by atoms with Gasteiger partial charge in [-0.25, -0.2) is 4.39 Å². The molecule has 0 fully saturated rings. The van der Waals surface area contributed by atoms with Crippen LogP contribution in [-0.4, -0.2) is 23.7 Å². The molecule has 2 unspecified atom stereocenters. The van der Waals surface area contributed by atoms with Crippen LogP contribution in [0.4, 0.5) is 10.1 Å². The highest BCUT2D eigenvalue weighted by molar-refractivity contribution is 8.00. The van der Waals surface area contributed by atoms with Crippen LogP contribution in [0.15, 0.2) is 17.0 Å². The van der Waals surface area contributed by atoms with Crippen molar-refractivity contribution in [3.05, 3.63) is 23.0 Å². The average Bonchev–Trinajstić information content (AvgIpc) is 2.62. The number of thioether (sulfide) groups is 1. The number of nitrogens with one attached hydrogen (secondary N) is 1. The number of hydrogen-bond donors (Lipinski definition) is 1. The number of esters is 1. The van der Waals surface area contributed by atoms with Gasteiger partial charge in [-0.2, -0.15) is 0 Å². The number of benzene rings is 1. The third-order valence-electron chi connectivity index (χ3n) is 4.34. The van der Waals surface area contributed by atoms with Crippen LogP contribution in [0.1, 0.15) is 53.9 Å². The Morgan fingerprint density at radius 3 is 2.48 bits per heavy atom. The number of amides is 1. The van der Waals surface area contributed by atoms with E-state index in [1.165, 1.54) is 17.8 Å². The summed E-state index contributed by atoms with van der Waals surface area (Å²) in [5.74, 6) is -1.29. The molecule has 0 heterocycles. The van der Waals surface area contributed by atoms with Gasteiger partial charge in [0.25, 0.3) is 0 Å². The van der Waals surface area contributed by atoms with Gasteiger partial charge in [0, 0.05) is 10.8 Å². The zero-order valence-corrected chi connectivity index (χ0v) is 18.2. The summed E-state index contributed by atoms with van der Waals surface area (Å²) in [5.41, 5.74) is 0.0635. The molecule has 0 radical (unpaired) electrons. The molecule has 0 aromatic heterocycles. The molecule has 27 heavy (non-hydrogen) atoms. The van der Waals surface area contributed by atoms with Gasteiger partial charge in [0.05, 0.1) is 17.3 Å². The fourth-order valence-corrected chi connectivity index (χ4v) is 3.40. The van der Waals surface area contributed by atoms with E-state index in [0.29, 0.717) is 17.9 Å². The second-order valence-corrected chi connectivity index (χ2v) is 8.47. The molecule has 1 amide bonds. The van der Waals surface area contributed by atoms with E-state index in [2.05, 4.69) is 5.32 Å². The molecule has 0 spiro atoms. The van der Waals surface area contributed by atoms with Crippen LogP contribution in [0, 0.1) is 17.7 Å². The molecule has 0 bridgehead atoms. The van der Waals surface area contributed by atoms with Crippen LogP contribution in [0.5, 0.6) is 0 Å². The van der Waals surface area contributed by atoms with E-state index in [4.69, 9.17) is 16.3 Å². The normalized spacial score (nSPS) is 13.3. The first-order valence-electron chi connectivity index (χ1n) is 9.34. The zero-order chi connectivity index (χ0) is 20.6. The number of unbranched alkanes of at least 4 members (excludes halogenated alkanes) is 1. The summed E-state index contributed by atoms with van der Waals surface area (Å²) >= 11 is 7.38. The second-order valence-electron chi connectivity index (χ2n) is 6.82. The molecule has 4 nitrogen and oxygen atoms in total. The lowest BCUT2D eigenvalue weighted by Gasteiger charge is -2.18. The minimum atomic E-state index is -0.604. The molecule has 0 saturated heterocycles. The quantitative estimate of drug-likeness (QED) is 0.291. The van der Waals surface area contributed by atoms with Crippen molar-refractivity contribution in [2.75, 3.05) is 11.9 Å². The Morgan fingerprint density at radius 1 is 1.26 bits per heavy atom. The summed E-state index contributed by atoms with van der Waals surface area (Å²) in [7, 11) is 0. The minimum absolute atomic E-state index is 0.0635. The van der Waals surface area contributed by atoms with E-state index in [1.54, 1.807) is 6.92 Å². The molecule has 1 aromatic rings. The van der Waals surface area contributed by atoms with Gasteiger partial charge in [-0.05, 0) is 30.9 Å². The highest BCUT2D eigenvalue weighted by Crippen LogP contribution is 2.36. The second kappa shape index (κ2) is 11.5. The number of halogens is 2. The summed E-state index contributed by atoms with van der Waals surface area (Å²) in [6, 6.07) is 2.64. The monoisotopic (exact) mass is 417 g/mol. The lowest BCUT2D eigenvalue weighted by molar-refractivity contribution is -0.143. The lowest BCUT2D eigenvalue weighted by Crippen LogP contribution is -2.25. The fraction of sp³-hybridized carbons (Fsp3) is 0.600. The van der Waals surface area contributed by atoms with Crippen LogP contribution >= 0.6 is 23.4 Å². The molecular formula is C20H29ClFNO3S. The van der Waals surface area contributed by atoms with Crippen LogP contribution in [0.2, 0.25) is 5.02 Å². The molecule has 1 N–H and O–H groups in total. The van der Waals surface area contributed by atoms with Crippen molar-refractivity contribution in [3.8, 4) is 0 Å². The Morgan fingerprint density at radius 2 is 1.93 bits per heavy atom. The zero-order valence-electron chi connectivity index (χ0n) is 16.6. The van der Waals surface area contributed by atoms with Crippen LogP contribution in [0.3, 0.4) is 0 Å². The van der Waals surface area contributed by atoms with Crippen LogP contribution in [0.25, 0.3) is 0 Å². The first-order valence-corrected chi connectivity index (χ1v) is 10.6. The van der Waals surface area contributed by atoms with E-state index in [1.807, 2.05) is 27.7 Å². The van der Waals surface area contributed by atoms with Crippen molar-refractivity contribution in [2.24, 2.45) is 11.8 Å². The van der Waals surface area contributed by atoms with Crippen molar-refractivity contribution in [1.82, 2.24) is 0 Å². The highest BCUT2D eigenvalue weighted by atomic mass is 35.5. The van der Waals surface area contributed by atoms with Crippen molar-refractivity contribution < 1.29 is 18.7 Å². The summed E-state index contributed by atoms with van der Waals surface area (Å²) < 4.78 is 19.5. The van der Waals surface area contributed by atoms with Crippen LogP contribution < -0.4 is 5.32 Å². The number of carbonyl (C=O) groups is 2. The maximum absolute atomic E-state index is 14.2. The Kier molecular flexibility index (Phi) is 10.2. The number of hydrogen-bond acceptors (Lipinski definition) is 4. The van der Waals surface area contributed by atoms with E-state index in [-0.39, 0.29) is 34.4 Å². The number of anilines is 1. The van der Waals surface area contributed by atoms with Gasteiger partial charge in [0.1, 0.15) is 11.1 Å². The average molecular weight is 418 g/mol. The van der Waals surface area contributed by atoms with Crippen molar-refractivity contribution >= 4 is 40.9 Å². The molecule has 0 aliphatic heterocycles. The van der Waals surface area contributed by atoms with Gasteiger partial charge >= 0.3 is 5.97 Å². The van der Waals surface area contributed by atoms with E-state index in [9.17, 15) is 14.0 Å². The van der Waals surface area contributed by atoms with Gasteiger partial charge in [0.2, 0.25) is 5.91 Å². The first-order chi connectivity index (χ1) is 12.7. The van der Waals surface area contributed by atoms with Crippen molar-refractivity contribution in [2.45, 2.75) is 64.0 Å². The predicted molar refractivity (Wildman–Crippen MR) is 110 cm³/mol. The van der Waals surface area contributed by atoms with Gasteiger partial charge in [-0.3, -0.25) is 9.59 Å². The van der Waals surface area contributed by atoms with Gasteiger partial charge in [0.15, 0.2) is 0 Å². The Labute approximate surface area is 170 Å². The molecule has 7 heteroatoms. The minimum Gasteiger partial charge on any atom is -0.465 e. The smallest absolute Gasteiger partial charge is 0.319 e. The van der Waals surface area contributed by atoms with Crippen LogP contribution in [-0.2, 0) is 14.3 Å². The lowest BCUT2D eigenvalue weighted by atomic mass is 9.97. The van der Waals surface area contributed by atoms with E-state index >= 15 is 0 Å². The Balaban J connectivity index is 2.94. The topological polar surface area (TPSA) is 55.4 Å². The summed E-state index contributed by atoms with van der Waals surface area (Å²) in [6.45, 7) is 9.94. The van der Waals surface area contributed by atoms with Gasteiger partial charge < -0.3 is 10.1 Å². The molecule has 152 valence electrons. The summed E-state index contributed by atoms with van der Waals surface area (Å²) in [4.78, 5) is 25.0. The van der Waals surface area contributed by atoms with Gasteiger partial charge in [-0.1, -0.05) is 52.6 Å². The molecule has 1 rings (SSSR count). The maximum Gasteiger partial charge on any atom is 0.319 e. The Hall–Kier alpha value is -1.27. The molecule has 0 aliphatic carbocycles. The summed E-state index contributed by atoms with van der Waals surface area (Å²) in [5, 5.41) is 2.38. The van der Waals surface area contributed by atoms with E-state index in [0.717, 1.165) is 18.9 Å². The number of ether oxygens (including phenoxy) is 1. The highest BCUT2D eigenvalue weighted by Gasteiger charge is 2.23. The SMILES string of the molecule is CCCCOC(=O)C(CC)Sc1cc(NC(=O)C(C)C(C)C)c(F)cc1Cl. The third kappa shape index (κ3) is 7.34. The first kappa shape index (κ1) is 23.8. The van der Waals surface area contributed by atoms with Crippen molar-refractivity contribution in [1.29, 1.82) is 0 Å². The largest absolute Gasteiger partial charge is 0.465 e.